The van der Waals surface area contributed by atoms with Crippen LogP contribution in [0.2, 0.25) is 0 Å². The van der Waals surface area contributed by atoms with E-state index in [0.717, 1.165) is 9.13 Å². The fourth-order valence-electron chi connectivity index (χ4n) is 3.44. The first kappa shape index (κ1) is 17.7. The zero-order chi connectivity index (χ0) is 20.7. The standard InChI is InChI=1S/C16H18N8O4/c1-19-7-9(21(3)15(27)23(5)13(7)25)17-11(19)12-18-10-8(20(12)2)14(26)24(6)16(28)22(10)4/h1-6H3. The molecule has 0 fully saturated rings. The number of rotatable bonds is 1. The van der Waals surface area contributed by atoms with E-state index in [4.69, 9.17) is 0 Å². The maximum absolute atomic E-state index is 12.6. The van der Waals surface area contributed by atoms with Crippen LogP contribution in [0.3, 0.4) is 0 Å². The summed E-state index contributed by atoms with van der Waals surface area (Å²) in [5, 5.41) is 0. The SMILES string of the molecule is Cn1c(=O)c2c(nc(-c3nc4c(c(=O)n(C)c(=O)n4C)n3C)n2C)n(C)c1=O. The second-order valence-electron chi connectivity index (χ2n) is 6.74. The lowest BCUT2D eigenvalue weighted by Crippen LogP contribution is -2.37. The van der Waals surface area contributed by atoms with Gasteiger partial charge in [0.05, 0.1) is 0 Å². The molecular weight excluding hydrogens is 368 g/mol. The maximum Gasteiger partial charge on any atom is 0.332 e. The Morgan fingerprint density at radius 2 is 0.821 bits per heavy atom. The summed E-state index contributed by atoms with van der Waals surface area (Å²) in [6.45, 7) is 0. The van der Waals surface area contributed by atoms with Crippen LogP contribution in [0.1, 0.15) is 0 Å². The van der Waals surface area contributed by atoms with Crippen molar-refractivity contribution >= 4 is 22.3 Å². The van der Waals surface area contributed by atoms with E-state index in [0.29, 0.717) is 11.6 Å². The molecule has 0 N–H and O–H groups in total. The summed E-state index contributed by atoms with van der Waals surface area (Å²) in [6.07, 6.45) is 0. The zero-order valence-electron chi connectivity index (χ0n) is 16.2. The summed E-state index contributed by atoms with van der Waals surface area (Å²) in [7, 11) is 9.10. The predicted molar refractivity (Wildman–Crippen MR) is 101 cm³/mol. The van der Waals surface area contributed by atoms with Crippen molar-refractivity contribution in [1.82, 2.24) is 37.4 Å². The van der Waals surface area contributed by atoms with Gasteiger partial charge in [0.25, 0.3) is 11.1 Å². The van der Waals surface area contributed by atoms with E-state index in [-0.39, 0.29) is 22.3 Å². The van der Waals surface area contributed by atoms with Crippen LogP contribution in [0.25, 0.3) is 34.0 Å². The molecule has 0 aromatic carbocycles. The first-order chi connectivity index (χ1) is 13.1. The number of fused-ring (bicyclic) bond motifs is 2. The molecule has 0 unspecified atom stereocenters. The van der Waals surface area contributed by atoms with Crippen molar-refractivity contribution in [2.75, 3.05) is 0 Å². The zero-order valence-corrected chi connectivity index (χ0v) is 16.2. The van der Waals surface area contributed by atoms with E-state index in [1.165, 1.54) is 46.5 Å². The number of aryl methyl sites for hydroxylation is 4. The third kappa shape index (κ3) is 1.94. The molecule has 0 spiro atoms. The van der Waals surface area contributed by atoms with Gasteiger partial charge in [-0.2, -0.15) is 0 Å². The van der Waals surface area contributed by atoms with Crippen molar-refractivity contribution in [3.8, 4) is 11.6 Å². The largest absolute Gasteiger partial charge is 0.332 e. The number of aromatic nitrogens is 8. The van der Waals surface area contributed by atoms with Gasteiger partial charge in [0.15, 0.2) is 34.0 Å². The fourth-order valence-corrected chi connectivity index (χ4v) is 3.44. The van der Waals surface area contributed by atoms with Crippen LogP contribution in [-0.2, 0) is 42.3 Å². The fraction of sp³-hybridized carbons (Fsp3) is 0.375. The van der Waals surface area contributed by atoms with E-state index in [1.54, 1.807) is 14.1 Å². The van der Waals surface area contributed by atoms with Crippen LogP contribution in [0.4, 0.5) is 0 Å². The van der Waals surface area contributed by atoms with Crippen LogP contribution < -0.4 is 22.5 Å². The van der Waals surface area contributed by atoms with Gasteiger partial charge in [-0.05, 0) is 0 Å². The highest BCUT2D eigenvalue weighted by molar-refractivity contribution is 5.79. The maximum atomic E-state index is 12.6. The van der Waals surface area contributed by atoms with E-state index in [1.807, 2.05) is 0 Å². The summed E-state index contributed by atoms with van der Waals surface area (Å²) >= 11 is 0. The van der Waals surface area contributed by atoms with Crippen LogP contribution in [-0.4, -0.2) is 37.4 Å². The molecule has 4 rings (SSSR count). The normalized spacial score (nSPS) is 11.8. The average Bonchev–Trinajstić information content (AvgIpc) is 3.18. The Morgan fingerprint density at radius 3 is 1.14 bits per heavy atom. The minimum absolute atomic E-state index is 0.208. The second kappa shape index (κ2) is 5.41. The molecule has 0 aliphatic carbocycles. The summed E-state index contributed by atoms with van der Waals surface area (Å²) in [5.74, 6) is 0.586. The van der Waals surface area contributed by atoms with Gasteiger partial charge in [-0.3, -0.25) is 27.9 Å². The topological polar surface area (TPSA) is 124 Å². The highest BCUT2D eigenvalue weighted by Gasteiger charge is 2.24. The lowest BCUT2D eigenvalue weighted by atomic mass is 10.5. The first-order valence-electron chi connectivity index (χ1n) is 8.33. The molecular formula is C16H18N8O4. The summed E-state index contributed by atoms with van der Waals surface area (Å²) in [5.41, 5.74) is -1.09. The highest BCUT2D eigenvalue weighted by atomic mass is 16.2. The lowest BCUT2D eigenvalue weighted by Gasteiger charge is -2.04. The molecule has 0 aliphatic heterocycles. The van der Waals surface area contributed by atoms with Crippen LogP contribution in [0.15, 0.2) is 19.2 Å². The summed E-state index contributed by atoms with van der Waals surface area (Å²) in [4.78, 5) is 58.5. The Kier molecular flexibility index (Phi) is 3.42. The quantitative estimate of drug-likeness (QED) is 0.370. The molecule has 146 valence electrons. The Bertz CT molecular complexity index is 1440. The Morgan fingerprint density at radius 1 is 0.500 bits per heavy atom. The first-order valence-corrected chi connectivity index (χ1v) is 8.33. The van der Waals surface area contributed by atoms with E-state index < -0.39 is 22.5 Å². The van der Waals surface area contributed by atoms with E-state index >= 15 is 0 Å². The molecule has 0 radical (unpaired) electrons. The van der Waals surface area contributed by atoms with Gasteiger partial charge in [0.2, 0.25) is 0 Å². The third-order valence-electron chi connectivity index (χ3n) is 5.15. The van der Waals surface area contributed by atoms with Crippen LogP contribution >= 0.6 is 0 Å². The number of hydrogen-bond acceptors (Lipinski definition) is 6. The molecule has 12 heteroatoms. The van der Waals surface area contributed by atoms with E-state index in [2.05, 4.69) is 9.97 Å². The molecule has 0 atom stereocenters. The Hall–Kier alpha value is -3.70. The smallest absolute Gasteiger partial charge is 0.319 e. The summed E-state index contributed by atoms with van der Waals surface area (Å²) < 4.78 is 7.61. The molecule has 0 aliphatic rings. The van der Waals surface area contributed by atoms with Gasteiger partial charge < -0.3 is 9.13 Å². The minimum Gasteiger partial charge on any atom is -0.319 e. The second-order valence-corrected chi connectivity index (χ2v) is 6.74. The molecule has 28 heavy (non-hydrogen) atoms. The lowest BCUT2D eigenvalue weighted by molar-refractivity contribution is 0.705. The van der Waals surface area contributed by atoms with Crippen molar-refractivity contribution in [2.24, 2.45) is 42.3 Å². The van der Waals surface area contributed by atoms with Gasteiger partial charge in [0, 0.05) is 42.3 Å². The molecule has 0 bridgehead atoms. The molecule has 4 aromatic heterocycles. The van der Waals surface area contributed by atoms with Crippen LogP contribution in [0.5, 0.6) is 0 Å². The summed E-state index contributed by atoms with van der Waals surface area (Å²) in [6, 6.07) is 0. The van der Waals surface area contributed by atoms with Crippen molar-refractivity contribution < 1.29 is 0 Å². The molecule has 12 nitrogen and oxygen atoms in total. The van der Waals surface area contributed by atoms with Gasteiger partial charge in [-0.25, -0.2) is 19.6 Å². The predicted octanol–water partition coefficient (Wildman–Crippen LogP) is -2.08. The Balaban J connectivity index is 2.20. The molecule has 4 aromatic rings. The molecule has 0 amide bonds. The average molecular weight is 386 g/mol. The highest BCUT2D eigenvalue weighted by Crippen LogP contribution is 2.22. The van der Waals surface area contributed by atoms with E-state index in [9.17, 15) is 19.2 Å². The molecule has 0 saturated heterocycles. The van der Waals surface area contributed by atoms with Crippen molar-refractivity contribution in [3.63, 3.8) is 0 Å². The van der Waals surface area contributed by atoms with Crippen LogP contribution in [0, 0.1) is 0 Å². The van der Waals surface area contributed by atoms with Crippen molar-refractivity contribution in [1.29, 1.82) is 0 Å². The monoisotopic (exact) mass is 386 g/mol. The van der Waals surface area contributed by atoms with Crippen molar-refractivity contribution in [3.05, 3.63) is 41.7 Å². The number of imidazole rings is 2. The van der Waals surface area contributed by atoms with Crippen molar-refractivity contribution in [2.45, 2.75) is 0 Å². The van der Waals surface area contributed by atoms with Gasteiger partial charge in [0.1, 0.15) is 0 Å². The van der Waals surface area contributed by atoms with Gasteiger partial charge in [-0.1, -0.05) is 0 Å². The Labute approximate surface area is 156 Å². The number of nitrogens with zero attached hydrogens (tertiary/aromatic N) is 8. The minimum atomic E-state index is -0.497. The van der Waals surface area contributed by atoms with Gasteiger partial charge in [-0.15, -0.1) is 0 Å². The molecule has 4 heterocycles. The third-order valence-corrected chi connectivity index (χ3v) is 5.15. The van der Waals surface area contributed by atoms with Gasteiger partial charge >= 0.3 is 11.4 Å². The number of hydrogen-bond donors (Lipinski definition) is 0. The molecule has 0 saturated carbocycles.